The first-order valence-corrected chi connectivity index (χ1v) is 9.88. The molecule has 1 aliphatic rings. The lowest BCUT2D eigenvalue weighted by Gasteiger charge is -2.15. The normalized spacial score (nSPS) is 24.4. The quantitative estimate of drug-likeness (QED) is 0.449. The maximum atomic E-state index is 9.73. The van der Waals surface area contributed by atoms with Gasteiger partial charge in [-0.2, -0.15) is 0 Å². The first-order valence-electron chi connectivity index (χ1n) is 9.88. The predicted molar refractivity (Wildman–Crippen MR) is 95.6 cm³/mol. The molecule has 4 nitrogen and oxygen atoms in total. The van der Waals surface area contributed by atoms with Gasteiger partial charge in [0.2, 0.25) is 0 Å². The van der Waals surface area contributed by atoms with Crippen LogP contribution in [0.3, 0.4) is 0 Å². The Morgan fingerprint density at radius 2 is 1.43 bits per heavy atom. The SMILES string of the molecule is CCCCCCCCCCCCCCOC[C@@H]1OC[C@H](N)[C@@H]1O. The summed E-state index contributed by atoms with van der Waals surface area (Å²) in [7, 11) is 0. The lowest BCUT2D eigenvalue weighted by Crippen LogP contribution is -2.38. The maximum absolute atomic E-state index is 9.73. The monoisotopic (exact) mass is 329 g/mol. The third-order valence-corrected chi connectivity index (χ3v) is 4.75. The van der Waals surface area contributed by atoms with Gasteiger partial charge in [-0.05, 0) is 6.42 Å². The van der Waals surface area contributed by atoms with Crippen LogP contribution < -0.4 is 5.73 Å². The van der Waals surface area contributed by atoms with Crippen molar-refractivity contribution in [3.8, 4) is 0 Å². The summed E-state index contributed by atoms with van der Waals surface area (Å²) in [6, 6.07) is -0.254. The third kappa shape index (κ3) is 10.3. The number of ether oxygens (including phenoxy) is 2. The van der Waals surface area contributed by atoms with Gasteiger partial charge in [0.1, 0.15) is 6.10 Å². The fourth-order valence-corrected chi connectivity index (χ4v) is 3.10. The van der Waals surface area contributed by atoms with Crippen molar-refractivity contribution in [1.82, 2.24) is 0 Å². The summed E-state index contributed by atoms with van der Waals surface area (Å²) in [5.74, 6) is 0. The van der Waals surface area contributed by atoms with Gasteiger partial charge in [0.05, 0.1) is 25.4 Å². The van der Waals surface area contributed by atoms with Crippen molar-refractivity contribution in [3.05, 3.63) is 0 Å². The minimum Gasteiger partial charge on any atom is -0.389 e. The van der Waals surface area contributed by atoms with Crippen molar-refractivity contribution in [1.29, 1.82) is 0 Å². The maximum Gasteiger partial charge on any atom is 0.108 e. The zero-order valence-corrected chi connectivity index (χ0v) is 15.2. The van der Waals surface area contributed by atoms with Crippen LogP contribution in [-0.4, -0.2) is 43.2 Å². The van der Waals surface area contributed by atoms with E-state index in [1.54, 1.807) is 0 Å². The third-order valence-electron chi connectivity index (χ3n) is 4.75. The zero-order chi connectivity index (χ0) is 16.8. The number of rotatable bonds is 15. The average molecular weight is 330 g/mol. The Balaban J connectivity index is 1.73. The van der Waals surface area contributed by atoms with Gasteiger partial charge in [-0.1, -0.05) is 77.6 Å². The van der Waals surface area contributed by atoms with Gasteiger partial charge in [-0.25, -0.2) is 0 Å². The Hall–Kier alpha value is -0.160. The topological polar surface area (TPSA) is 64.7 Å². The molecule has 0 bridgehead atoms. The van der Waals surface area contributed by atoms with Crippen molar-refractivity contribution in [2.75, 3.05) is 19.8 Å². The summed E-state index contributed by atoms with van der Waals surface area (Å²) in [5.41, 5.74) is 5.69. The van der Waals surface area contributed by atoms with Crippen LogP contribution in [0.15, 0.2) is 0 Å². The highest BCUT2D eigenvalue weighted by atomic mass is 16.5. The number of hydrogen-bond donors (Lipinski definition) is 2. The molecule has 0 aromatic carbocycles. The van der Waals surface area contributed by atoms with Gasteiger partial charge in [0.15, 0.2) is 0 Å². The largest absolute Gasteiger partial charge is 0.389 e. The summed E-state index contributed by atoms with van der Waals surface area (Å²) in [6.07, 6.45) is 15.4. The molecule has 3 N–H and O–H groups in total. The standard InChI is InChI=1S/C19H39NO3/c1-2-3-4-5-6-7-8-9-10-11-12-13-14-22-16-18-19(21)17(20)15-23-18/h17-19,21H,2-16,20H2,1H3/t17-,18-,19-/m0/s1. The van der Waals surface area contributed by atoms with E-state index in [9.17, 15) is 5.11 Å². The number of aliphatic hydroxyl groups excluding tert-OH is 1. The van der Waals surface area contributed by atoms with Gasteiger partial charge in [0.25, 0.3) is 0 Å². The second-order valence-corrected chi connectivity index (χ2v) is 6.99. The van der Waals surface area contributed by atoms with Gasteiger partial charge in [0, 0.05) is 6.61 Å². The van der Waals surface area contributed by atoms with Crippen molar-refractivity contribution < 1.29 is 14.6 Å². The van der Waals surface area contributed by atoms with Gasteiger partial charge in [-0.15, -0.1) is 0 Å². The first kappa shape index (κ1) is 20.9. The fourth-order valence-electron chi connectivity index (χ4n) is 3.10. The molecule has 0 aromatic rings. The van der Waals surface area contributed by atoms with E-state index in [-0.39, 0.29) is 12.1 Å². The second-order valence-electron chi connectivity index (χ2n) is 6.99. The molecule has 1 aliphatic heterocycles. The smallest absolute Gasteiger partial charge is 0.108 e. The zero-order valence-electron chi connectivity index (χ0n) is 15.2. The lowest BCUT2D eigenvalue weighted by atomic mass is 10.1. The summed E-state index contributed by atoms with van der Waals surface area (Å²) < 4.78 is 11.0. The Morgan fingerprint density at radius 1 is 0.913 bits per heavy atom. The molecule has 0 saturated carbocycles. The molecule has 4 heteroatoms. The molecule has 23 heavy (non-hydrogen) atoms. The van der Waals surface area contributed by atoms with Crippen LogP contribution in [0, 0.1) is 0 Å². The molecular formula is C19H39NO3. The number of hydrogen-bond acceptors (Lipinski definition) is 4. The fraction of sp³-hybridized carbons (Fsp3) is 1.00. The molecule has 0 amide bonds. The Morgan fingerprint density at radius 3 is 1.91 bits per heavy atom. The molecule has 0 aromatic heterocycles. The Bertz CT molecular complexity index is 263. The molecule has 3 atom stereocenters. The van der Waals surface area contributed by atoms with Crippen LogP contribution in [0.1, 0.15) is 84.0 Å². The minimum atomic E-state index is -0.572. The average Bonchev–Trinajstić information content (AvgIpc) is 2.87. The van der Waals surface area contributed by atoms with E-state index >= 15 is 0 Å². The number of aliphatic hydroxyl groups is 1. The van der Waals surface area contributed by atoms with E-state index in [0.717, 1.165) is 13.0 Å². The number of nitrogens with two attached hydrogens (primary N) is 1. The van der Waals surface area contributed by atoms with Crippen LogP contribution in [-0.2, 0) is 9.47 Å². The molecule has 1 rings (SSSR count). The second kappa shape index (κ2) is 14.2. The Labute approximate surface area is 143 Å². The first-order chi connectivity index (χ1) is 11.3. The van der Waals surface area contributed by atoms with E-state index in [1.165, 1.54) is 70.6 Å². The summed E-state index contributed by atoms with van der Waals surface area (Å²) in [5, 5.41) is 9.73. The summed E-state index contributed by atoms with van der Waals surface area (Å²) in [6.45, 7) is 3.94. The van der Waals surface area contributed by atoms with E-state index in [2.05, 4.69) is 6.92 Å². The highest BCUT2D eigenvalue weighted by molar-refractivity contribution is 4.85. The minimum absolute atomic E-state index is 0.234. The van der Waals surface area contributed by atoms with E-state index < -0.39 is 6.10 Å². The summed E-state index contributed by atoms with van der Waals surface area (Å²) >= 11 is 0. The highest BCUT2D eigenvalue weighted by Crippen LogP contribution is 2.14. The molecule has 0 radical (unpaired) electrons. The lowest BCUT2D eigenvalue weighted by molar-refractivity contribution is -0.0251. The van der Waals surface area contributed by atoms with Crippen LogP contribution in [0.2, 0.25) is 0 Å². The highest BCUT2D eigenvalue weighted by Gasteiger charge is 2.33. The molecule has 0 aliphatic carbocycles. The molecule has 1 heterocycles. The summed E-state index contributed by atoms with van der Waals surface area (Å²) in [4.78, 5) is 0. The molecule has 138 valence electrons. The van der Waals surface area contributed by atoms with Crippen molar-refractivity contribution in [2.45, 2.75) is 102 Å². The van der Waals surface area contributed by atoms with Crippen LogP contribution in [0.5, 0.6) is 0 Å². The molecular weight excluding hydrogens is 290 g/mol. The van der Waals surface area contributed by atoms with E-state index in [1.807, 2.05) is 0 Å². The number of unbranched alkanes of at least 4 members (excludes halogenated alkanes) is 11. The van der Waals surface area contributed by atoms with Gasteiger partial charge >= 0.3 is 0 Å². The predicted octanol–water partition coefficient (Wildman–Crippen LogP) is 3.79. The van der Waals surface area contributed by atoms with E-state index in [4.69, 9.17) is 15.2 Å². The molecule has 1 saturated heterocycles. The van der Waals surface area contributed by atoms with Crippen molar-refractivity contribution >= 4 is 0 Å². The van der Waals surface area contributed by atoms with Gasteiger partial charge < -0.3 is 20.3 Å². The van der Waals surface area contributed by atoms with Crippen LogP contribution >= 0.6 is 0 Å². The van der Waals surface area contributed by atoms with Gasteiger partial charge in [-0.3, -0.25) is 0 Å². The van der Waals surface area contributed by atoms with Crippen LogP contribution in [0.4, 0.5) is 0 Å². The molecule has 1 fully saturated rings. The van der Waals surface area contributed by atoms with Crippen molar-refractivity contribution in [2.24, 2.45) is 5.73 Å². The molecule has 0 spiro atoms. The van der Waals surface area contributed by atoms with Crippen LogP contribution in [0.25, 0.3) is 0 Å². The van der Waals surface area contributed by atoms with E-state index in [0.29, 0.717) is 13.2 Å². The Kier molecular flexibility index (Phi) is 12.9. The molecule has 0 unspecified atom stereocenters. The van der Waals surface area contributed by atoms with Crippen molar-refractivity contribution in [3.63, 3.8) is 0 Å².